The zero-order valence-electron chi connectivity index (χ0n) is 12.4. The lowest BCUT2D eigenvalue weighted by Gasteiger charge is -2.23. The van der Waals surface area contributed by atoms with Gasteiger partial charge in [0.15, 0.2) is 12.2 Å². The third-order valence-electron chi connectivity index (χ3n) is 2.06. The van der Waals surface area contributed by atoms with Crippen LogP contribution in [0.5, 0.6) is 0 Å². The molecule has 0 bridgehead atoms. The van der Waals surface area contributed by atoms with Gasteiger partial charge in [0, 0.05) is 26.8 Å². The highest BCUT2D eigenvalue weighted by Gasteiger charge is 2.26. The molecule has 0 spiro atoms. The number of hydrogen-bond acceptors (Lipinski definition) is 8. The first kappa shape index (κ1) is 19.3. The molecule has 122 valence electrons. The summed E-state index contributed by atoms with van der Waals surface area (Å²) in [7, 11) is 0. The van der Waals surface area contributed by atoms with Crippen molar-refractivity contribution in [1.29, 1.82) is 0 Å². The van der Waals surface area contributed by atoms with Gasteiger partial charge < -0.3 is 14.2 Å². The number of hydrogen-bond donors (Lipinski definition) is 0. The van der Waals surface area contributed by atoms with Crippen LogP contribution in [0.15, 0.2) is 24.4 Å². The minimum absolute atomic E-state index is 0.323. The number of nitrogens with zero attached hydrogens (tertiary/aromatic N) is 1. The van der Waals surface area contributed by atoms with E-state index in [-0.39, 0.29) is 6.61 Å². The summed E-state index contributed by atoms with van der Waals surface area (Å²) < 4.78 is 14.6. The molecule has 0 heterocycles. The molecule has 0 amide bonds. The van der Waals surface area contributed by atoms with E-state index in [0.717, 1.165) is 19.9 Å². The average molecular weight is 315 g/mol. The quantitative estimate of drug-likeness (QED) is 0.211. The topological polar surface area (TPSA) is 122 Å². The molecule has 0 saturated heterocycles. The molecule has 0 N–H and O–H groups in total. The van der Waals surface area contributed by atoms with Crippen molar-refractivity contribution in [2.75, 3.05) is 6.61 Å². The molecule has 0 aliphatic carbocycles. The Kier molecular flexibility index (Phi) is 8.84. The zero-order valence-corrected chi connectivity index (χ0v) is 12.4. The van der Waals surface area contributed by atoms with Gasteiger partial charge in [0.1, 0.15) is 6.61 Å². The fourth-order valence-electron chi connectivity index (χ4n) is 1.33. The Morgan fingerprint density at radius 2 is 1.64 bits per heavy atom. The highest BCUT2D eigenvalue weighted by molar-refractivity contribution is 5.68. The number of carbonyl (C=O) groups excluding carboxylic acids is 3. The molecule has 0 aliphatic rings. The van der Waals surface area contributed by atoms with Crippen LogP contribution >= 0.6 is 0 Å². The Labute approximate surface area is 126 Å². The van der Waals surface area contributed by atoms with Gasteiger partial charge in [0.2, 0.25) is 6.20 Å². The molecular weight excluding hydrogens is 298 g/mol. The van der Waals surface area contributed by atoms with Gasteiger partial charge in [-0.3, -0.25) is 24.5 Å². The second-order valence-electron chi connectivity index (χ2n) is 4.04. The molecule has 9 nitrogen and oxygen atoms in total. The lowest BCUT2D eigenvalue weighted by atomic mass is 10.2. The van der Waals surface area contributed by atoms with E-state index in [1.807, 2.05) is 0 Å². The van der Waals surface area contributed by atoms with E-state index in [1.54, 1.807) is 0 Å². The molecule has 0 fully saturated rings. The summed E-state index contributed by atoms with van der Waals surface area (Å²) in [6.45, 7) is 3.13. The maximum Gasteiger partial charge on any atom is 0.303 e. The molecule has 0 saturated carbocycles. The highest BCUT2D eigenvalue weighted by Crippen LogP contribution is 2.09. The van der Waals surface area contributed by atoms with Crippen molar-refractivity contribution >= 4 is 17.9 Å². The van der Waals surface area contributed by atoms with Crippen molar-refractivity contribution in [2.24, 2.45) is 0 Å². The molecule has 9 heteroatoms. The number of rotatable bonds is 8. The number of esters is 3. The van der Waals surface area contributed by atoms with E-state index in [9.17, 15) is 24.5 Å². The lowest BCUT2D eigenvalue weighted by Crippen LogP contribution is -2.37. The second kappa shape index (κ2) is 10.1. The van der Waals surface area contributed by atoms with Crippen molar-refractivity contribution in [3.8, 4) is 0 Å². The molecule has 0 aliphatic heterocycles. The first-order chi connectivity index (χ1) is 10.2. The van der Waals surface area contributed by atoms with Gasteiger partial charge in [0.25, 0.3) is 0 Å². The summed E-state index contributed by atoms with van der Waals surface area (Å²) in [5, 5.41) is 10.2. The van der Waals surface area contributed by atoms with Crippen molar-refractivity contribution in [3.05, 3.63) is 34.5 Å². The van der Waals surface area contributed by atoms with Crippen molar-refractivity contribution in [1.82, 2.24) is 0 Å². The molecule has 0 radical (unpaired) electrons. The van der Waals surface area contributed by atoms with E-state index < -0.39 is 35.0 Å². The maximum atomic E-state index is 11.1. The molecule has 0 aromatic carbocycles. The third kappa shape index (κ3) is 10.1. The smallest absolute Gasteiger partial charge is 0.303 e. The monoisotopic (exact) mass is 315 g/mol. The van der Waals surface area contributed by atoms with Crippen LogP contribution in [-0.2, 0) is 28.6 Å². The summed E-state index contributed by atoms with van der Waals surface area (Å²) in [4.78, 5) is 42.5. The molecule has 0 rings (SSSR count). The van der Waals surface area contributed by atoms with Crippen molar-refractivity contribution in [2.45, 2.75) is 33.0 Å². The first-order valence-corrected chi connectivity index (χ1v) is 6.18. The van der Waals surface area contributed by atoms with Crippen LogP contribution in [-0.4, -0.2) is 41.6 Å². The summed E-state index contributed by atoms with van der Waals surface area (Å²) in [5.41, 5.74) is 0. The summed E-state index contributed by atoms with van der Waals surface area (Å²) in [6.07, 6.45) is 2.18. The van der Waals surface area contributed by atoms with Crippen LogP contribution in [0, 0.1) is 10.1 Å². The van der Waals surface area contributed by atoms with Gasteiger partial charge in [-0.05, 0) is 6.08 Å². The lowest BCUT2D eigenvalue weighted by molar-refractivity contribution is -0.402. The summed E-state index contributed by atoms with van der Waals surface area (Å²) in [5.74, 6) is -1.92. The zero-order chi connectivity index (χ0) is 17.1. The predicted molar refractivity (Wildman–Crippen MR) is 73.0 cm³/mol. The minimum atomic E-state index is -1.06. The normalized spacial score (nSPS) is 13.6. The number of nitro groups is 1. The third-order valence-corrected chi connectivity index (χ3v) is 2.06. The van der Waals surface area contributed by atoms with Gasteiger partial charge in [-0.15, -0.1) is 0 Å². The van der Waals surface area contributed by atoms with Gasteiger partial charge in [-0.2, -0.15) is 0 Å². The molecule has 2 atom stereocenters. The summed E-state index contributed by atoms with van der Waals surface area (Å²) in [6, 6.07) is 0. The predicted octanol–water partition coefficient (Wildman–Crippen LogP) is 0.760. The van der Waals surface area contributed by atoms with Gasteiger partial charge in [-0.1, -0.05) is 6.08 Å². The van der Waals surface area contributed by atoms with Gasteiger partial charge in [0.05, 0.1) is 4.92 Å². The minimum Gasteiger partial charge on any atom is -0.462 e. The van der Waals surface area contributed by atoms with E-state index in [2.05, 4.69) is 0 Å². The second-order valence-corrected chi connectivity index (χ2v) is 4.04. The average Bonchev–Trinajstić information content (AvgIpc) is 2.36. The molecule has 2 unspecified atom stereocenters. The highest BCUT2D eigenvalue weighted by atomic mass is 16.6. The largest absolute Gasteiger partial charge is 0.462 e. The van der Waals surface area contributed by atoms with Crippen LogP contribution in [0.2, 0.25) is 0 Å². The fourth-order valence-corrected chi connectivity index (χ4v) is 1.33. The van der Waals surface area contributed by atoms with Crippen LogP contribution in [0.1, 0.15) is 20.8 Å². The standard InChI is InChI=1S/C13H17NO8/c1-9(15)20-8-13(22-11(3)17)12(21-10(2)16)6-4-5-7-14(18)19/h4-7,12-13H,8H2,1-3H3/b6-4+,7-5+. The number of ether oxygens (including phenoxy) is 3. The van der Waals surface area contributed by atoms with Gasteiger partial charge in [-0.25, -0.2) is 0 Å². The van der Waals surface area contributed by atoms with Crippen LogP contribution < -0.4 is 0 Å². The molecule has 22 heavy (non-hydrogen) atoms. The Hall–Kier alpha value is -2.71. The van der Waals surface area contributed by atoms with Crippen LogP contribution in [0.25, 0.3) is 0 Å². The first-order valence-electron chi connectivity index (χ1n) is 6.18. The number of carbonyl (C=O) groups is 3. The van der Waals surface area contributed by atoms with E-state index in [4.69, 9.17) is 14.2 Å². The van der Waals surface area contributed by atoms with E-state index >= 15 is 0 Å². The van der Waals surface area contributed by atoms with Crippen LogP contribution in [0.4, 0.5) is 0 Å². The molecule has 0 aromatic rings. The molecular formula is C13H17NO8. The summed E-state index contributed by atoms with van der Waals surface area (Å²) >= 11 is 0. The SMILES string of the molecule is CC(=O)OCC(OC(C)=O)C(/C=C/C=C/[N+](=O)[O-])OC(C)=O. The van der Waals surface area contributed by atoms with E-state index in [1.165, 1.54) is 19.1 Å². The Morgan fingerprint density at radius 3 is 2.09 bits per heavy atom. The Balaban J connectivity index is 5.08. The Morgan fingerprint density at radius 1 is 1.05 bits per heavy atom. The molecule has 0 aromatic heterocycles. The van der Waals surface area contributed by atoms with Crippen LogP contribution in [0.3, 0.4) is 0 Å². The van der Waals surface area contributed by atoms with E-state index in [0.29, 0.717) is 6.20 Å². The van der Waals surface area contributed by atoms with Crippen molar-refractivity contribution < 1.29 is 33.5 Å². The fraction of sp³-hybridized carbons (Fsp3) is 0.462. The van der Waals surface area contributed by atoms with Crippen molar-refractivity contribution in [3.63, 3.8) is 0 Å². The number of allylic oxidation sites excluding steroid dienone is 2. The maximum absolute atomic E-state index is 11.1. The van der Waals surface area contributed by atoms with Gasteiger partial charge >= 0.3 is 17.9 Å². The Bertz CT molecular complexity index is 482.